The maximum atomic E-state index is 13.3. The van der Waals surface area contributed by atoms with E-state index in [9.17, 15) is 9.18 Å². The highest BCUT2D eigenvalue weighted by atomic mass is 19.1. The minimum atomic E-state index is -0.512. The first-order chi connectivity index (χ1) is 8.16. The average Bonchev–Trinajstić information content (AvgIpc) is 2.33. The molecule has 2 rings (SSSR count). The summed E-state index contributed by atoms with van der Waals surface area (Å²) in [5, 5.41) is 0. The molecule has 0 aliphatic heterocycles. The third-order valence-corrected chi connectivity index (χ3v) is 2.20. The average molecular weight is 231 g/mol. The van der Waals surface area contributed by atoms with Gasteiger partial charge in [-0.3, -0.25) is 4.79 Å². The molecule has 0 heterocycles. The molecule has 0 aromatic heterocycles. The lowest BCUT2D eigenvalue weighted by Crippen LogP contribution is -2.10. The van der Waals surface area contributed by atoms with E-state index in [1.165, 1.54) is 24.3 Å². The molecule has 2 N–H and O–H groups in total. The van der Waals surface area contributed by atoms with Crippen LogP contribution in [0.2, 0.25) is 0 Å². The van der Waals surface area contributed by atoms with E-state index in [4.69, 9.17) is 10.5 Å². The van der Waals surface area contributed by atoms with Crippen molar-refractivity contribution in [3.8, 4) is 11.5 Å². The minimum Gasteiger partial charge on any atom is -0.454 e. The summed E-state index contributed by atoms with van der Waals surface area (Å²) in [6.07, 6.45) is 0. The van der Waals surface area contributed by atoms with Gasteiger partial charge in [0, 0.05) is 5.56 Å². The number of hydrogen-bond acceptors (Lipinski definition) is 2. The standard InChI is InChI=1S/C13H10FNO2/c14-11-3-1-2-4-12(11)17-10-7-5-9(6-8-10)13(15)16/h1-8H,(H2,15,16). The van der Waals surface area contributed by atoms with Crippen LogP contribution in [-0.2, 0) is 0 Å². The fourth-order valence-electron chi connectivity index (χ4n) is 1.34. The number of para-hydroxylation sites is 1. The number of benzene rings is 2. The monoisotopic (exact) mass is 231 g/mol. The highest BCUT2D eigenvalue weighted by Crippen LogP contribution is 2.23. The molecule has 0 saturated heterocycles. The normalized spacial score (nSPS) is 9.94. The predicted octanol–water partition coefficient (Wildman–Crippen LogP) is 2.72. The number of nitrogens with two attached hydrogens (primary N) is 1. The van der Waals surface area contributed by atoms with Gasteiger partial charge in [-0.25, -0.2) is 4.39 Å². The van der Waals surface area contributed by atoms with Crippen LogP contribution in [0.1, 0.15) is 10.4 Å². The molecule has 2 aromatic rings. The molecule has 0 aliphatic rings. The first kappa shape index (κ1) is 11.1. The third kappa shape index (κ3) is 2.60. The van der Waals surface area contributed by atoms with Gasteiger partial charge in [-0.05, 0) is 36.4 Å². The molecule has 0 aliphatic carbocycles. The molecular formula is C13H10FNO2. The summed E-state index contributed by atoms with van der Waals surface area (Å²) in [4.78, 5) is 10.8. The number of carbonyl (C=O) groups excluding carboxylic acids is 1. The predicted molar refractivity (Wildman–Crippen MR) is 61.4 cm³/mol. The number of rotatable bonds is 3. The zero-order chi connectivity index (χ0) is 12.3. The van der Waals surface area contributed by atoms with Crippen molar-refractivity contribution in [2.45, 2.75) is 0 Å². The lowest BCUT2D eigenvalue weighted by atomic mass is 10.2. The lowest BCUT2D eigenvalue weighted by molar-refractivity contribution is 0.100. The molecule has 0 spiro atoms. The summed E-state index contributed by atoms with van der Waals surface area (Å²) in [5.41, 5.74) is 5.48. The molecule has 0 fully saturated rings. The van der Waals surface area contributed by atoms with Gasteiger partial charge in [0.25, 0.3) is 0 Å². The fourth-order valence-corrected chi connectivity index (χ4v) is 1.34. The summed E-state index contributed by atoms with van der Waals surface area (Å²) in [6.45, 7) is 0. The van der Waals surface area contributed by atoms with Gasteiger partial charge in [-0.15, -0.1) is 0 Å². The Morgan fingerprint density at radius 2 is 1.71 bits per heavy atom. The van der Waals surface area contributed by atoms with Gasteiger partial charge in [-0.2, -0.15) is 0 Å². The number of amides is 1. The minimum absolute atomic E-state index is 0.138. The Bertz CT molecular complexity index is 537. The van der Waals surface area contributed by atoms with Crippen molar-refractivity contribution in [1.82, 2.24) is 0 Å². The molecule has 3 nitrogen and oxygen atoms in total. The lowest BCUT2D eigenvalue weighted by Gasteiger charge is -2.06. The second kappa shape index (κ2) is 4.65. The Morgan fingerprint density at radius 1 is 1.06 bits per heavy atom. The van der Waals surface area contributed by atoms with Crippen LogP contribution < -0.4 is 10.5 Å². The van der Waals surface area contributed by atoms with Crippen molar-refractivity contribution in [2.24, 2.45) is 5.73 Å². The van der Waals surface area contributed by atoms with E-state index >= 15 is 0 Å². The largest absolute Gasteiger partial charge is 0.454 e. The second-order valence-corrected chi connectivity index (χ2v) is 3.42. The molecule has 0 atom stereocenters. The highest BCUT2D eigenvalue weighted by Gasteiger charge is 2.04. The molecule has 0 saturated carbocycles. The van der Waals surface area contributed by atoms with Gasteiger partial charge in [0.05, 0.1) is 0 Å². The summed E-state index contributed by atoms with van der Waals surface area (Å²) in [5.74, 6) is -0.367. The smallest absolute Gasteiger partial charge is 0.248 e. The van der Waals surface area contributed by atoms with Gasteiger partial charge >= 0.3 is 0 Å². The fraction of sp³-hybridized carbons (Fsp3) is 0. The van der Waals surface area contributed by atoms with Gasteiger partial charge in [0.15, 0.2) is 11.6 Å². The summed E-state index contributed by atoms with van der Waals surface area (Å²) in [6, 6.07) is 12.3. The van der Waals surface area contributed by atoms with Gasteiger partial charge < -0.3 is 10.5 Å². The van der Waals surface area contributed by atoms with Crippen molar-refractivity contribution in [2.75, 3.05) is 0 Å². The number of ether oxygens (including phenoxy) is 1. The van der Waals surface area contributed by atoms with Gasteiger partial charge in [-0.1, -0.05) is 12.1 Å². The number of carbonyl (C=O) groups is 1. The first-order valence-electron chi connectivity index (χ1n) is 4.99. The van der Waals surface area contributed by atoms with Gasteiger partial charge in [0.1, 0.15) is 5.75 Å². The number of primary amides is 1. The highest BCUT2D eigenvalue weighted by molar-refractivity contribution is 5.92. The zero-order valence-electron chi connectivity index (χ0n) is 8.89. The van der Waals surface area contributed by atoms with Crippen LogP contribution in [0.3, 0.4) is 0 Å². The van der Waals surface area contributed by atoms with E-state index in [-0.39, 0.29) is 5.75 Å². The molecule has 1 amide bonds. The van der Waals surface area contributed by atoms with Crippen molar-refractivity contribution in [3.05, 3.63) is 59.9 Å². The maximum absolute atomic E-state index is 13.3. The quantitative estimate of drug-likeness (QED) is 0.882. The molecular weight excluding hydrogens is 221 g/mol. The SMILES string of the molecule is NC(=O)c1ccc(Oc2ccccc2F)cc1. The number of halogens is 1. The van der Waals surface area contributed by atoms with Crippen LogP contribution >= 0.6 is 0 Å². The Hall–Kier alpha value is -2.36. The molecule has 4 heteroatoms. The zero-order valence-corrected chi connectivity index (χ0v) is 8.89. The Morgan fingerprint density at radius 3 is 2.29 bits per heavy atom. The molecule has 0 bridgehead atoms. The summed E-state index contributed by atoms with van der Waals surface area (Å²) >= 11 is 0. The van der Waals surface area contributed by atoms with E-state index in [1.54, 1.807) is 24.3 Å². The molecule has 0 unspecified atom stereocenters. The maximum Gasteiger partial charge on any atom is 0.248 e. The van der Waals surface area contributed by atoms with Crippen LogP contribution in [0.15, 0.2) is 48.5 Å². The molecule has 17 heavy (non-hydrogen) atoms. The Kier molecular flexibility index (Phi) is 3.05. The van der Waals surface area contributed by atoms with Crippen LogP contribution in [0, 0.1) is 5.82 Å². The molecule has 2 aromatic carbocycles. The summed E-state index contributed by atoms with van der Waals surface area (Å²) < 4.78 is 18.6. The van der Waals surface area contributed by atoms with Crippen molar-refractivity contribution in [1.29, 1.82) is 0 Å². The summed E-state index contributed by atoms with van der Waals surface area (Å²) in [7, 11) is 0. The number of hydrogen-bond donors (Lipinski definition) is 1. The van der Waals surface area contributed by atoms with Crippen molar-refractivity contribution < 1.29 is 13.9 Å². The van der Waals surface area contributed by atoms with Crippen molar-refractivity contribution >= 4 is 5.91 Å². The van der Waals surface area contributed by atoms with Crippen LogP contribution in [-0.4, -0.2) is 5.91 Å². The molecule has 0 radical (unpaired) electrons. The first-order valence-corrected chi connectivity index (χ1v) is 4.99. The van der Waals surface area contributed by atoms with E-state index < -0.39 is 11.7 Å². The Labute approximate surface area is 97.6 Å². The van der Waals surface area contributed by atoms with Crippen molar-refractivity contribution in [3.63, 3.8) is 0 Å². The Balaban J connectivity index is 2.20. The third-order valence-electron chi connectivity index (χ3n) is 2.20. The topological polar surface area (TPSA) is 52.3 Å². The van der Waals surface area contributed by atoms with Crippen LogP contribution in [0.25, 0.3) is 0 Å². The van der Waals surface area contributed by atoms with E-state index in [0.717, 1.165) is 0 Å². The van der Waals surface area contributed by atoms with Crippen LogP contribution in [0.5, 0.6) is 11.5 Å². The van der Waals surface area contributed by atoms with E-state index in [0.29, 0.717) is 11.3 Å². The van der Waals surface area contributed by atoms with Gasteiger partial charge in [0.2, 0.25) is 5.91 Å². The van der Waals surface area contributed by atoms with E-state index in [2.05, 4.69) is 0 Å². The van der Waals surface area contributed by atoms with E-state index in [1.807, 2.05) is 0 Å². The second-order valence-electron chi connectivity index (χ2n) is 3.42. The van der Waals surface area contributed by atoms with Crippen LogP contribution in [0.4, 0.5) is 4.39 Å². The molecule has 86 valence electrons.